The Morgan fingerprint density at radius 1 is 0.964 bits per heavy atom. The molecule has 7 nitrogen and oxygen atoms in total. The van der Waals surface area contributed by atoms with Crippen LogP contribution in [0.4, 0.5) is 5.69 Å². The van der Waals surface area contributed by atoms with Gasteiger partial charge < -0.3 is 0 Å². The number of hydrogen-bond acceptors (Lipinski definition) is 5. The lowest BCUT2D eigenvalue weighted by Gasteiger charge is -2.34. The highest BCUT2D eigenvalue weighted by atomic mass is 35.5. The summed E-state index contributed by atoms with van der Waals surface area (Å²) in [6, 6.07) is 11.3. The van der Waals surface area contributed by atoms with E-state index < -0.39 is 14.9 Å². The number of rotatable bonds is 6. The molecule has 0 N–H and O–H groups in total. The van der Waals surface area contributed by atoms with Crippen LogP contribution in [0.5, 0.6) is 0 Å². The third-order valence-electron chi connectivity index (χ3n) is 4.59. The number of halogens is 2. The number of piperazine rings is 1. The van der Waals surface area contributed by atoms with Gasteiger partial charge in [0, 0.05) is 44.9 Å². The molecule has 0 atom stereocenters. The van der Waals surface area contributed by atoms with Crippen LogP contribution in [0.2, 0.25) is 10.0 Å². The van der Waals surface area contributed by atoms with Crippen molar-refractivity contribution in [1.82, 2.24) is 9.21 Å². The fraction of sp³-hybridized carbons (Fsp3) is 0.333. The largest absolute Gasteiger partial charge is 0.296 e. The van der Waals surface area contributed by atoms with Gasteiger partial charge in [-0.15, -0.1) is 0 Å². The van der Waals surface area contributed by atoms with Crippen LogP contribution < -0.4 is 0 Å². The normalized spacial score (nSPS) is 16.2. The van der Waals surface area contributed by atoms with E-state index in [-0.39, 0.29) is 11.4 Å². The maximum Gasteiger partial charge on any atom is 0.269 e. The summed E-state index contributed by atoms with van der Waals surface area (Å²) >= 11 is 11.8. The zero-order valence-corrected chi connectivity index (χ0v) is 17.3. The average molecular weight is 444 g/mol. The minimum atomic E-state index is -3.46. The molecule has 0 spiro atoms. The topological polar surface area (TPSA) is 83.8 Å². The first-order chi connectivity index (χ1) is 13.2. The summed E-state index contributed by atoms with van der Waals surface area (Å²) in [5, 5.41) is 11.6. The SMILES string of the molecule is O=[N+]([O-])c1cccc(CN2CCN(S(=O)(=O)Cc3ccc(Cl)c(Cl)c3)CC2)c1. The molecule has 0 amide bonds. The van der Waals surface area contributed by atoms with Crippen LogP contribution in [0.1, 0.15) is 11.1 Å². The lowest BCUT2D eigenvalue weighted by atomic mass is 10.2. The van der Waals surface area contributed by atoms with Crippen molar-refractivity contribution in [1.29, 1.82) is 0 Å². The molecule has 3 rings (SSSR count). The van der Waals surface area contributed by atoms with Gasteiger partial charge in [0.2, 0.25) is 10.0 Å². The fourth-order valence-electron chi connectivity index (χ4n) is 3.12. The molecular formula is C18H19Cl2N3O4S. The Morgan fingerprint density at radius 3 is 2.32 bits per heavy atom. The van der Waals surface area contributed by atoms with Gasteiger partial charge in [-0.05, 0) is 23.3 Å². The Hall–Kier alpha value is -1.71. The van der Waals surface area contributed by atoms with Gasteiger partial charge in [-0.1, -0.05) is 41.4 Å². The Labute approximate surface area is 173 Å². The Bertz CT molecular complexity index is 977. The lowest BCUT2D eigenvalue weighted by molar-refractivity contribution is -0.384. The quantitative estimate of drug-likeness (QED) is 0.503. The first-order valence-electron chi connectivity index (χ1n) is 8.62. The summed E-state index contributed by atoms with van der Waals surface area (Å²) in [5.41, 5.74) is 1.48. The van der Waals surface area contributed by atoms with E-state index in [1.807, 2.05) is 6.07 Å². The van der Waals surface area contributed by atoms with Crippen molar-refractivity contribution in [3.63, 3.8) is 0 Å². The summed E-state index contributed by atoms with van der Waals surface area (Å²) in [4.78, 5) is 12.6. The first-order valence-corrected chi connectivity index (χ1v) is 11.0. The van der Waals surface area contributed by atoms with Gasteiger partial charge in [0.25, 0.3) is 5.69 Å². The third kappa shape index (κ3) is 5.21. The Morgan fingerprint density at radius 2 is 1.68 bits per heavy atom. The molecule has 10 heteroatoms. The second kappa shape index (κ2) is 8.75. The molecule has 150 valence electrons. The minimum Gasteiger partial charge on any atom is -0.296 e. The smallest absolute Gasteiger partial charge is 0.269 e. The number of non-ortho nitro benzene ring substituents is 1. The van der Waals surface area contributed by atoms with E-state index in [9.17, 15) is 18.5 Å². The maximum absolute atomic E-state index is 12.7. The van der Waals surface area contributed by atoms with Crippen LogP contribution in [0.15, 0.2) is 42.5 Å². The molecule has 2 aromatic carbocycles. The highest BCUT2D eigenvalue weighted by molar-refractivity contribution is 7.88. The molecule has 1 heterocycles. The van der Waals surface area contributed by atoms with E-state index in [1.165, 1.54) is 10.4 Å². The molecule has 1 saturated heterocycles. The number of sulfonamides is 1. The fourth-order valence-corrected chi connectivity index (χ4v) is 4.95. The van der Waals surface area contributed by atoms with Crippen molar-refractivity contribution in [2.75, 3.05) is 26.2 Å². The summed E-state index contributed by atoms with van der Waals surface area (Å²) < 4.78 is 26.9. The predicted octanol–water partition coefficient (Wildman–Crippen LogP) is 3.55. The molecule has 1 aliphatic heterocycles. The minimum absolute atomic E-state index is 0.0559. The zero-order chi connectivity index (χ0) is 20.3. The summed E-state index contributed by atoms with van der Waals surface area (Å²) in [7, 11) is -3.46. The molecule has 1 aliphatic rings. The molecule has 0 bridgehead atoms. The van der Waals surface area contributed by atoms with Gasteiger partial charge >= 0.3 is 0 Å². The van der Waals surface area contributed by atoms with Crippen molar-refractivity contribution in [2.45, 2.75) is 12.3 Å². The van der Waals surface area contributed by atoms with Crippen LogP contribution in [0, 0.1) is 10.1 Å². The summed E-state index contributed by atoms with van der Waals surface area (Å²) in [5.74, 6) is -0.130. The first kappa shape index (κ1) is 21.0. The van der Waals surface area contributed by atoms with Crippen molar-refractivity contribution in [3.05, 3.63) is 73.8 Å². The molecular weight excluding hydrogens is 425 g/mol. The van der Waals surface area contributed by atoms with Crippen molar-refractivity contribution >= 4 is 38.9 Å². The van der Waals surface area contributed by atoms with Crippen LogP contribution in [-0.4, -0.2) is 48.7 Å². The third-order valence-corrected chi connectivity index (χ3v) is 7.17. The molecule has 0 aliphatic carbocycles. The van der Waals surface area contributed by atoms with Crippen molar-refractivity contribution in [3.8, 4) is 0 Å². The van der Waals surface area contributed by atoms with E-state index in [1.54, 1.807) is 30.3 Å². The number of nitro groups is 1. The van der Waals surface area contributed by atoms with E-state index >= 15 is 0 Å². The van der Waals surface area contributed by atoms with Gasteiger partial charge in [0.15, 0.2) is 0 Å². The van der Waals surface area contributed by atoms with E-state index in [2.05, 4.69) is 4.90 Å². The van der Waals surface area contributed by atoms with E-state index in [0.717, 1.165) is 5.56 Å². The van der Waals surface area contributed by atoms with Crippen LogP contribution in [-0.2, 0) is 22.3 Å². The molecule has 0 aromatic heterocycles. The van der Waals surface area contributed by atoms with Crippen LogP contribution >= 0.6 is 23.2 Å². The second-order valence-electron chi connectivity index (χ2n) is 6.61. The highest BCUT2D eigenvalue weighted by Gasteiger charge is 2.27. The Kier molecular flexibility index (Phi) is 6.57. The highest BCUT2D eigenvalue weighted by Crippen LogP contribution is 2.24. The monoisotopic (exact) mass is 443 g/mol. The van der Waals surface area contributed by atoms with Gasteiger partial charge in [-0.25, -0.2) is 8.42 Å². The lowest BCUT2D eigenvalue weighted by Crippen LogP contribution is -2.48. The second-order valence-corrected chi connectivity index (χ2v) is 9.39. The zero-order valence-electron chi connectivity index (χ0n) is 14.9. The molecule has 0 unspecified atom stereocenters. The molecule has 0 radical (unpaired) electrons. The van der Waals surface area contributed by atoms with E-state index in [4.69, 9.17) is 23.2 Å². The number of nitrogens with zero attached hydrogens (tertiary/aromatic N) is 3. The molecule has 0 saturated carbocycles. The van der Waals surface area contributed by atoms with Gasteiger partial charge in [0.1, 0.15) is 0 Å². The summed E-state index contributed by atoms with van der Waals surface area (Å²) in [6.45, 7) is 2.41. The Balaban J connectivity index is 1.59. The molecule has 2 aromatic rings. The van der Waals surface area contributed by atoms with Crippen LogP contribution in [0.3, 0.4) is 0 Å². The van der Waals surface area contributed by atoms with Gasteiger partial charge in [0.05, 0.1) is 20.7 Å². The predicted molar refractivity (Wildman–Crippen MR) is 109 cm³/mol. The van der Waals surface area contributed by atoms with Crippen molar-refractivity contribution < 1.29 is 13.3 Å². The molecule has 28 heavy (non-hydrogen) atoms. The maximum atomic E-state index is 12.7. The van der Waals surface area contributed by atoms with Gasteiger partial charge in [-0.2, -0.15) is 4.31 Å². The van der Waals surface area contributed by atoms with Crippen LogP contribution in [0.25, 0.3) is 0 Å². The molecule has 1 fully saturated rings. The standard InChI is InChI=1S/C18H19Cl2N3O4S/c19-17-5-4-15(11-18(17)20)13-28(26,27)22-8-6-21(7-9-22)12-14-2-1-3-16(10-14)23(24)25/h1-5,10-11H,6-9,12-13H2. The number of benzene rings is 2. The van der Waals surface area contributed by atoms with E-state index in [0.29, 0.717) is 48.3 Å². The number of nitro benzene ring substituents is 1. The summed E-state index contributed by atoms with van der Waals surface area (Å²) in [6.07, 6.45) is 0. The van der Waals surface area contributed by atoms with Crippen molar-refractivity contribution in [2.24, 2.45) is 0 Å². The van der Waals surface area contributed by atoms with Gasteiger partial charge in [-0.3, -0.25) is 15.0 Å². The number of hydrogen-bond donors (Lipinski definition) is 0. The average Bonchev–Trinajstić information content (AvgIpc) is 2.65.